The fraction of sp³-hybridized carbons (Fsp3) is 0.286. The molecule has 2 aromatic heterocycles. The second-order valence-electron chi connectivity index (χ2n) is 4.44. The van der Waals surface area contributed by atoms with Crippen LogP contribution in [0.25, 0.3) is 0 Å². The van der Waals surface area contributed by atoms with Crippen LogP contribution >= 0.6 is 31.9 Å². The number of amides is 1. The van der Waals surface area contributed by atoms with Crippen molar-refractivity contribution in [3.05, 3.63) is 45.5 Å². The molecule has 0 saturated carbocycles. The first-order valence-corrected chi connectivity index (χ1v) is 8.09. The predicted molar refractivity (Wildman–Crippen MR) is 87.9 cm³/mol. The lowest BCUT2D eigenvalue weighted by atomic mass is 9.98. The quantitative estimate of drug-likeness (QED) is 0.754. The molecule has 2 rings (SSSR count). The van der Waals surface area contributed by atoms with E-state index in [2.05, 4.69) is 52.1 Å². The molecule has 110 valence electrons. The van der Waals surface area contributed by atoms with Gasteiger partial charge in [-0.25, -0.2) is 15.0 Å². The molecule has 0 radical (unpaired) electrons. The van der Waals surface area contributed by atoms with Gasteiger partial charge in [-0.2, -0.15) is 0 Å². The molecule has 0 aliphatic heterocycles. The molecule has 1 atom stereocenters. The Morgan fingerprint density at radius 2 is 2.05 bits per heavy atom. The second-order valence-corrected chi connectivity index (χ2v) is 6.07. The van der Waals surface area contributed by atoms with Gasteiger partial charge in [-0.1, -0.05) is 19.4 Å². The molecular formula is C14H14Br2N4O. The van der Waals surface area contributed by atoms with Gasteiger partial charge in [0.1, 0.15) is 9.21 Å². The molecule has 0 fully saturated rings. The van der Waals surface area contributed by atoms with E-state index in [-0.39, 0.29) is 11.8 Å². The van der Waals surface area contributed by atoms with E-state index in [1.807, 2.05) is 25.1 Å². The van der Waals surface area contributed by atoms with E-state index >= 15 is 0 Å². The SMILES string of the molecule is CCCC(C(=O)Nc1cnc(Br)cn1)c1cccc(Br)n1. The van der Waals surface area contributed by atoms with Crippen molar-refractivity contribution in [3.8, 4) is 0 Å². The number of rotatable bonds is 5. The Kier molecular flexibility index (Phi) is 5.81. The Bertz CT molecular complexity index is 619. The Labute approximate surface area is 139 Å². The number of hydrogen-bond acceptors (Lipinski definition) is 4. The minimum atomic E-state index is -0.307. The minimum absolute atomic E-state index is 0.126. The van der Waals surface area contributed by atoms with Crippen molar-refractivity contribution >= 4 is 43.6 Å². The number of aromatic nitrogens is 3. The third kappa shape index (κ3) is 4.57. The predicted octanol–water partition coefficient (Wildman–Crippen LogP) is 3.92. The fourth-order valence-corrected chi connectivity index (χ4v) is 2.47. The van der Waals surface area contributed by atoms with Gasteiger partial charge >= 0.3 is 0 Å². The number of carbonyl (C=O) groups is 1. The van der Waals surface area contributed by atoms with Crippen LogP contribution in [-0.4, -0.2) is 20.9 Å². The van der Waals surface area contributed by atoms with E-state index in [0.29, 0.717) is 10.4 Å². The summed E-state index contributed by atoms with van der Waals surface area (Å²) in [6.45, 7) is 2.04. The van der Waals surface area contributed by atoms with Gasteiger partial charge in [0.05, 0.1) is 24.0 Å². The van der Waals surface area contributed by atoms with Gasteiger partial charge in [-0.15, -0.1) is 0 Å². The monoisotopic (exact) mass is 412 g/mol. The molecule has 0 bridgehead atoms. The first-order chi connectivity index (χ1) is 10.1. The molecule has 7 heteroatoms. The maximum atomic E-state index is 12.5. The van der Waals surface area contributed by atoms with Crippen molar-refractivity contribution in [3.63, 3.8) is 0 Å². The maximum absolute atomic E-state index is 12.5. The van der Waals surface area contributed by atoms with Crippen LogP contribution in [0.1, 0.15) is 31.4 Å². The van der Waals surface area contributed by atoms with Crippen molar-refractivity contribution < 1.29 is 4.79 Å². The smallest absolute Gasteiger partial charge is 0.234 e. The van der Waals surface area contributed by atoms with Gasteiger partial charge in [-0.05, 0) is 50.4 Å². The zero-order valence-electron chi connectivity index (χ0n) is 11.4. The summed E-state index contributed by atoms with van der Waals surface area (Å²) in [5.41, 5.74) is 0.744. The van der Waals surface area contributed by atoms with Crippen molar-refractivity contribution in [2.75, 3.05) is 5.32 Å². The zero-order valence-corrected chi connectivity index (χ0v) is 14.6. The van der Waals surface area contributed by atoms with Crippen LogP contribution < -0.4 is 5.32 Å². The van der Waals surface area contributed by atoms with Gasteiger partial charge in [0, 0.05) is 0 Å². The number of nitrogens with zero attached hydrogens (tertiary/aromatic N) is 3. The van der Waals surface area contributed by atoms with Gasteiger partial charge in [0.2, 0.25) is 5.91 Å². The van der Waals surface area contributed by atoms with Crippen LogP contribution in [-0.2, 0) is 4.79 Å². The highest BCUT2D eigenvalue weighted by atomic mass is 79.9. The maximum Gasteiger partial charge on any atom is 0.234 e. The first-order valence-electron chi connectivity index (χ1n) is 6.51. The molecule has 1 N–H and O–H groups in total. The van der Waals surface area contributed by atoms with Crippen LogP contribution in [0.5, 0.6) is 0 Å². The lowest BCUT2D eigenvalue weighted by molar-refractivity contribution is -0.117. The topological polar surface area (TPSA) is 67.8 Å². The normalized spacial score (nSPS) is 12.0. The Balaban J connectivity index is 2.17. The summed E-state index contributed by atoms with van der Waals surface area (Å²) < 4.78 is 1.34. The number of carbonyl (C=O) groups excluding carboxylic acids is 1. The molecule has 1 amide bonds. The molecule has 0 aromatic carbocycles. The van der Waals surface area contributed by atoms with Gasteiger partial charge in [0.25, 0.3) is 0 Å². The number of hydrogen-bond donors (Lipinski definition) is 1. The van der Waals surface area contributed by atoms with Crippen molar-refractivity contribution in [1.29, 1.82) is 0 Å². The van der Waals surface area contributed by atoms with Crippen LogP contribution in [0.2, 0.25) is 0 Å². The third-order valence-corrected chi connectivity index (χ3v) is 3.71. The fourth-order valence-electron chi connectivity index (χ4n) is 1.91. The van der Waals surface area contributed by atoms with E-state index in [4.69, 9.17) is 0 Å². The highest BCUT2D eigenvalue weighted by Gasteiger charge is 2.21. The summed E-state index contributed by atoms with van der Waals surface area (Å²) in [5.74, 6) is -0.00341. The molecule has 21 heavy (non-hydrogen) atoms. The molecule has 0 saturated heterocycles. The molecule has 0 aliphatic carbocycles. The lowest BCUT2D eigenvalue weighted by Crippen LogP contribution is -2.22. The number of halogens is 2. The number of anilines is 1. The first kappa shape index (κ1) is 16.0. The molecule has 1 unspecified atom stereocenters. The highest BCUT2D eigenvalue weighted by Crippen LogP contribution is 2.23. The van der Waals surface area contributed by atoms with E-state index < -0.39 is 0 Å². The van der Waals surface area contributed by atoms with Crippen molar-refractivity contribution in [2.45, 2.75) is 25.7 Å². The van der Waals surface area contributed by atoms with E-state index in [1.54, 1.807) is 6.20 Å². The Morgan fingerprint density at radius 1 is 1.24 bits per heavy atom. The van der Waals surface area contributed by atoms with Crippen LogP contribution in [0.15, 0.2) is 39.8 Å². The van der Waals surface area contributed by atoms with Crippen LogP contribution in [0, 0.1) is 0 Å². The van der Waals surface area contributed by atoms with Gasteiger partial charge in [-0.3, -0.25) is 4.79 Å². The summed E-state index contributed by atoms with van der Waals surface area (Å²) in [7, 11) is 0. The average molecular weight is 414 g/mol. The minimum Gasteiger partial charge on any atom is -0.309 e. The van der Waals surface area contributed by atoms with Gasteiger partial charge in [0.15, 0.2) is 5.82 Å². The lowest BCUT2D eigenvalue weighted by Gasteiger charge is -2.15. The number of pyridine rings is 1. The van der Waals surface area contributed by atoms with E-state index in [0.717, 1.165) is 23.1 Å². The van der Waals surface area contributed by atoms with E-state index in [9.17, 15) is 4.79 Å². The summed E-state index contributed by atoms with van der Waals surface area (Å²) >= 11 is 6.54. The summed E-state index contributed by atoms with van der Waals surface area (Å²) in [6.07, 6.45) is 4.67. The molecule has 5 nitrogen and oxygen atoms in total. The summed E-state index contributed by atoms with van der Waals surface area (Å²) in [5, 5.41) is 2.78. The largest absolute Gasteiger partial charge is 0.309 e. The van der Waals surface area contributed by atoms with Crippen molar-refractivity contribution in [1.82, 2.24) is 15.0 Å². The molecule has 2 aromatic rings. The Hall–Kier alpha value is -1.34. The van der Waals surface area contributed by atoms with Crippen LogP contribution in [0.4, 0.5) is 5.82 Å². The average Bonchev–Trinajstić information content (AvgIpc) is 2.47. The molecule has 0 spiro atoms. The van der Waals surface area contributed by atoms with Crippen LogP contribution in [0.3, 0.4) is 0 Å². The summed E-state index contributed by atoms with van der Waals surface area (Å²) in [6, 6.07) is 5.57. The van der Waals surface area contributed by atoms with Gasteiger partial charge < -0.3 is 5.32 Å². The highest BCUT2D eigenvalue weighted by molar-refractivity contribution is 9.10. The zero-order chi connectivity index (χ0) is 15.2. The third-order valence-electron chi connectivity index (χ3n) is 2.86. The standard InChI is InChI=1S/C14H14Br2N4O/c1-2-4-9(10-5-3-6-11(15)19-10)14(21)20-13-8-17-12(16)7-18-13/h3,5-9H,2,4H2,1H3,(H,18,20,21). The molecule has 2 heterocycles. The summed E-state index contributed by atoms with van der Waals surface area (Å²) in [4.78, 5) is 25.0. The number of nitrogens with one attached hydrogen (secondary N) is 1. The molecule has 0 aliphatic rings. The van der Waals surface area contributed by atoms with Crippen molar-refractivity contribution in [2.24, 2.45) is 0 Å². The molecular weight excluding hydrogens is 400 g/mol. The second kappa shape index (κ2) is 7.61. The Morgan fingerprint density at radius 3 is 2.67 bits per heavy atom. The van der Waals surface area contributed by atoms with E-state index in [1.165, 1.54) is 6.20 Å².